The third-order valence-corrected chi connectivity index (χ3v) is 4.10. The largest absolute Gasteiger partial charge is 0.573 e. The van der Waals surface area contributed by atoms with Gasteiger partial charge in [-0.3, -0.25) is 5.10 Å². The molecule has 0 saturated carbocycles. The van der Waals surface area contributed by atoms with E-state index in [1.165, 1.54) is 0 Å². The summed E-state index contributed by atoms with van der Waals surface area (Å²) in [5, 5.41) is 4.73. The van der Waals surface area contributed by atoms with E-state index in [0.29, 0.717) is 12.1 Å². The van der Waals surface area contributed by atoms with Crippen molar-refractivity contribution in [3.05, 3.63) is 27.9 Å². The highest BCUT2D eigenvalue weighted by molar-refractivity contribution is 8.00. The molecule has 0 aliphatic heterocycles. The molecule has 0 aliphatic rings. The maximum atomic E-state index is 12.9. The molecule has 0 aliphatic carbocycles. The smallest absolute Gasteiger partial charge is 0.406 e. The van der Waals surface area contributed by atoms with E-state index in [2.05, 4.69) is 14.9 Å². The van der Waals surface area contributed by atoms with Gasteiger partial charge in [-0.1, -0.05) is 23.2 Å². The molecule has 0 atom stereocenters. The molecule has 1 N–H and O–H groups in total. The molecular weight excluding hydrogens is 424 g/mol. The van der Waals surface area contributed by atoms with Gasteiger partial charge < -0.3 is 4.74 Å². The van der Waals surface area contributed by atoms with Crippen LogP contribution in [0.2, 0.25) is 10.0 Å². The van der Waals surface area contributed by atoms with Crippen LogP contribution in [0.5, 0.6) is 5.75 Å². The SMILES string of the molecule is FCc1[nH]nc(-c2c(Cl)cc(OC(F)(F)F)cc2Cl)c1SC(F)(F)F. The Hall–Kier alpha value is -1.33. The summed E-state index contributed by atoms with van der Waals surface area (Å²) in [6.07, 6.45) is -5.01. The molecule has 0 radical (unpaired) electrons. The van der Waals surface area contributed by atoms with Crippen molar-refractivity contribution in [2.24, 2.45) is 0 Å². The first kappa shape index (κ1) is 20.0. The highest BCUT2D eigenvalue weighted by Gasteiger charge is 2.35. The summed E-state index contributed by atoms with van der Waals surface area (Å²) in [6.45, 7) is -1.28. The van der Waals surface area contributed by atoms with Gasteiger partial charge in [0.05, 0.1) is 20.6 Å². The first-order chi connectivity index (χ1) is 11.4. The van der Waals surface area contributed by atoms with Crippen LogP contribution in [0.15, 0.2) is 17.0 Å². The maximum Gasteiger partial charge on any atom is 0.573 e. The number of H-pyrrole nitrogens is 1. The van der Waals surface area contributed by atoms with Gasteiger partial charge in [0.1, 0.15) is 18.1 Å². The number of nitrogens with zero attached hydrogens (tertiary/aromatic N) is 1. The predicted molar refractivity (Wildman–Crippen MR) is 77.5 cm³/mol. The van der Waals surface area contributed by atoms with Crippen molar-refractivity contribution in [2.75, 3.05) is 0 Å². The van der Waals surface area contributed by atoms with E-state index in [9.17, 15) is 30.7 Å². The Labute approximate surface area is 149 Å². The molecule has 0 spiro atoms. The minimum Gasteiger partial charge on any atom is -0.406 e. The van der Waals surface area contributed by atoms with Crippen LogP contribution in [-0.2, 0) is 6.67 Å². The zero-order chi connectivity index (χ0) is 19.0. The molecule has 2 aromatic rings. The highest BCUT2D eigenvalue weighted by atomic mass is 35.5. The molecule has 0 bridgehead atoms. The fourth-order valence-corrected chi connectivity index (χ4v) is 3.17. The Bertz CT molecular complexity index is 753. The van der Waals surface area contributed by atoms with Crippen molar-refractivity contribution >= 4 is 35.0 Å². The zero-order valence-corrected chi connectivity index (χ0v) is 13.9. The van der Waals surface area contributed by atoms with E-state index in [1.54, 1.807) is 0 Å². The molecule has 0 fully saturated rings. The van der Waals surface area contributed by atoms with E-state index in [4.69, 9.17) is 23.2 Å². The van der Waals surface area contributed by atoms with Gasteiger partial charge in [0.15, 0.2) is 0 Å². The number of aromatic amines is 1. The molecule has 25 heavy (non-hydrogen) atoms. The summed E-state index contributed by atoms with van der Waals surface area (Å²) in [4.78, 5) is -0.622. The monoisotopic (exact) mass is 428 g/mol. The van der Waals surface area contributed by atoms with Crippen LogP contribution in [0.4, 0.5) is 30.7 Å². The van der Waals surface area contributed by atoms with Crippen LogP contribution in [0.1, 0.15) is 5.69 Å². The van der Waals surface area contributed by atoms with Crippen molar-refractivity contribution < 1.29 is 35.5 Å². The Kier molecular flexibility index (Phi) is 5.69. The number of hydrogen-bond acceptors (Lipinski definition) is 3. The normalized spacial score (nSPS) is 12.5. The lowest BCUT2D eigenvalue weighted by atomic mass is 10.1. The molecule has 3 nitrogen and oxygen atoms in total. The number of alkyl halides is 7. The average molecular weight is 429 g/mol. The van der Waals surface area contributed by atoms with E-state index < -0.39 is 62.4 Å². The minimum absolute atomic E-state index is 0.291. The molecule has 13 heteroatoms. The van der Waals surface area contributed by atoms with Crippen LogP contribution in [0, 0.1) is 0 Å². The highest BCUT2D eigenvalue weighted by Crippen LogP contribution is 2.47. The second-order valence-corrected chi connectivity index (χ2v) is 6.26. The van der Waals surface area contributed by atoms with Crippen molar-refractivity contribution in [1.82, 2.24) is 10.2 Å². The molecule has 0 amide bonds. The number of hydrogen-bond donors (Lipinski definition) is 1. The van der Waals surface area contributed by atoms with Crippen LogP contribution in [0.3, 0.4) is 0 Å². The Balaban J connectivity index is 2.54. The summed E-state index contributed by atoms with van der Waals surface area (Å²) in [6, 6.07) is 1.42. The third kappa shape index (κ3) is 5.08. The number of halogens is 9. The van der Waals surface area contributed by atoms with Gasteiger partial charge in [-0.25, -0.2) is 4.39 Å². The van der Waals surface area contributed by atoms with E-state index in [-0.39, 0.29) is 5.56 Å². The number of benzene rings is 1. The molecule has 0 saturated heterocycles. The lowest BCUT2D eigenvalue weighted by Gasteiger charge is -2.13. The van der Waals surface area contributed by atoms with Gasteiger partial charge in [0.25, 0.3) is 0 Å². The fraction of sp³-hybridized carbons (Fsp3) is 0.250. The Morgan fingerprint density at radius 2 is 1.64 bits per heavy atom. The molecule has 0 unspecified atom stereocenters. The van der Waals surface area contributed by atoms with Gasteiger partial charge >= 0.3 is 11.9 Å². The summed E-state index contributed by atoms with van der Waals surface area (Å²) >= 11 is 11.0. The second-order valence-electron chi connectivity index (χ2n) is 4.37. The maximum absolute atomic E-state index is 12.9. The van der Waals surface area contributed by atoms with Crippen molar-refractivity contribution in [3.63, 3.8) is 0 Å². The Morgan fingerprint density at radius 1 is 1.08 bits per heavy atom. The van der Waals surface area contributed by atoms with Crippen molar-refractivity contribution in [1.29, 1.82) is 0 Å². The summed E-state index contributed by atoms with van der Waals surface area (Å²) in [5.74, 6) is -0.766. The number of thioether (sulfide) groups is 1. The van der Waals surface area contributed by atoms with Gasteiger partial charge in [-0.05, 0) is 23.9 Å². The summed E-state index contributed by atoms with van der Waals surface area (Å²) < 4.78 is 91.2. The van der Waals surface area contributed by atoms with Crippen LogP contribution in [-0.4, -0.2) is 22.1 Å². The molecule has 1 aromatic heterocycles. The molecule has 138 valence electrons. The van der Waals surface area contributed by atoms with Crippen molar-refractivity contribution in [2.45, 2.75) is 23.4 Å². The molecular formula is C12H5Cl2F7N2OS. The predicted octanol–water partition coefficient (Wildman–Crippen LogP) is 6.36. The summed E-state index contributed by atoms with van der Waals surface area (Å²) in [7, 11) is 0. The first-order valence-corrected chi connectivity index (χ1v) is 7.62. The number of rotatable bonds is 4. The summed E-state index contributed by atoms with van der Waals surface area (Å²) in [5.41, 5.74) is -5.97. The van der Waals surface area contributed by atoms with Crippen molar-refractivity contribution in [3.8, 4) is 17.0 Å². The lowest BCUT2D eigenvalue weighted by molar-refractivity contribution is -0.274. The topological polar surface area (TPSA) is 37.9 Å². The first-order valence-electron chi connectivity index (χ1n) is 6.05. The standard InChI is InChI=1S/C12H5Cl2F7N2OS/c13-5-1-4(24-11(16,17)18)2-6(14)8(5)9-10(25-12(19,20)21)7(3-15)22-23-9/h1-2H,3H2,(H,22,23). The molecule has 2 rings (SSSR count). The van der Waals surface area contributed by atoms with Gasteiger partial charge in [-0.2, -0.15) is 18.3 Å². The van der Waals surface area contributed by atoms with E-state index in [0.717, 1.165) is 0 Å². The number of nitrogens with one attached hydrogen (secondary N) is 1. The quantitative estimate of drug-likeness (QED) is 0.454. The second kappa shape index (κ2) is 7.12. The minimum atomic E-state index is -5.01. The van der Waals surface area contributed by atoms with Gasteiger partial charge in [0, 0.05) is 5.56 Å². The van der Waals surface area contributed by atoms with Gasteiger partial charge in [0.2, 0.25) is 0 Å². The average Bonchev–Trinajstić information content (AvgIpc) is 2.76. The number of ether oxygens (including phenoxy) is 1. The number of aromatic nitrogens is 2. The molecule has 1 aromatic carbocycles. The molecule has 1 heterocycles. The van der Waals surface area contributed by atoms with Crippen LogP contribution >= 0.6 is 35.0 Å². The van der Waals surface area contributed by atoms with Crippen LogP contribution < -0.4 is 4.74 Å². The Morgan fingerprint density at radius 3 is 2.08 bits per heavy atom. The van der Waals surface area contributed by atoms with E-state index in [1.807, 2.05) is 0 Å². The lowest BCUT2D eigenvalue weighted by Crippen LogP contribution is -2.17. The van der Waals surface area contributed by atoms with Gasteiger partial charge in [-0.15, -0.1) is 13.2 Å². The fourth-order valence-electron chi connectivity index (χ4n) is 1.82. The third-order valence-electron chi connectivity index (χ3n) is 2.63. The van der Waals surface area contributed by atoms with E-state index >= 15 is 0 Å². The van der Waals surface area contributed by atoms with Crippen LogP contribution in [0.25, 0.3) is 11.3 Å². The zero-order valence-electron chi connectivity index (χ0n) is 11.5.